The second-order valence-corrected chi connectivity index (χ2v) is 5.80. The van der Waals surface area contributed by atoms with E-state index in [0.29, 0.717) is 18.4 Å². The highest BCUT2D eigenvalue weighted by Gasteiger charge is 2.30. The number of ketones is 1. The molecule has 0 unspecified atom stereocenters. The monoisotopic (exact) mass is 316 g/mol. The van der Waals surface area contributed by atoms with E-state index in [1.807, 2.05) is 0 Å². The van der Waals surface area contributed by atoms with Gasteiger partial charge in [-0.2, -0.15) is 0 Å². The number of carboxylic acid groups (broad SMARTS) is 2. The lowest BCUT2D eigenvalue weighted by Gasteiger charge is -2.23. The molecule has 0 radical (unpaired) electrons. The summed E-state index contributed by atoms with van der Waals surface area (Å²) in [6.07, 6.45) is 3.75. The summed E-state index contributed by atoms with van der Waals surface area (Å²) in [6.45, 7) is 0. The van der Waals surface area contributed by atoms with E-state index >= 15 is 0 Å². The van der Waals surface area contributed by atoms with Crippen LogP contribution in [-0.2, 0) is 9.59 Å². The number of hydrogen-bond donors (Lipinski definition) is 2. The Hall–Kier alpha value is -2.43. The average Bonchev–Trinajstić information content (AvgIpc) is 2.55. The molecular formula is C18H20O5. The average molecular weight is 316 g/mol. The molecular weight excluding hydrogens is 296 g/mol. The number of aliphatic carboxylic acids is 2. The van der Waals surface area contributed by atoms with E-state index in [0.717, 1.165) is 19.3 Å². The molecule has 0 atom stereocenters. The molecule has 0 bridgehead atoms. The molecule has 0 aromatic heterocycles. The van der Waals surface area contributed by atoms with Crippen LogP contribution in [0.1, 0.15) is 48.9 Å². The van der Waals surface area contributed by atoms with Crippen molar-refractivity contribution in [2.45, 2.75) is 38.5 Å². The number of Topliss-reactive ketones (excluding diaryl/α,β-unsaturated/α-hetero) is 1. The van der Waals surface area contributed by atoms with Crippen molar-refractivity contribution >= 4 is 17.7 Å². The minimum absolute atomic E-state index is 0.0959. The number of carbonyl (C=O) groups is 3. The fourth-order valence-corrected chi connectivity index (χ4v) is 3.11. The minimum atomic E-state index is -1.32. The molecule has 5 heteroatoms. The lowest BCUT2D eigenvalue weighted by molar-refractivity contribution is -0.136. The summed E-state index contributed by atoms with van der Waals surface area (Å²) < 4.78 is 0. The molecule has 1 aromatic rings. The third-order valence-electron chi connectivity index (χ3n) is 4.26. The number of rotatable bonds is 6. The number of benzene rings is 1. The predicted molar refractivity (Wildman–Crippen MR) is 84.3 cm³/mol. The summed E-state index contributed by atoms with van der Waals surface area (Å²) in [5.74, 6) is -3.21. The van der Waals surface area contributed by atoms with E-state index in [1.54, 1.807) is 30.3 Å². The Morgan fingerprint density at radius 1 is 0.913 bits per heavy atom. The standard InChI is InChI=1S/C18H20O5/c19-15(12-7-3-1-4-8-12)11-14(17(20)21)16(18(22)23)13-9-5-2-6-10-13/h1,3-4,7-8,13H,2,5-6,9-11H2,(H,20,21)(H,22,23). The molecule has 1 fully saturated rings. The first-order chi connectivity index (χ1) is 11.0. The zero-order chi connectivity index (χ0) is 16.8. The van der Waals surface area contributed by atoms with Crippen LogP contribution in [0.25, 0.3) is 0 Å². The van der Waals surface area contributed by atoms with Gasteiger partial charge in [0.2, 0.25) is 0 Å². The van der Waals surface area contributed by atoms with Crippen LogP contribution in [-0.4, -0.2) is 27.9 Å². The molecule has 0 spiro atoms. The van der Waals surface area contributed by atoms with E-state index < -0.39 is 18.4 Å². The zero-order valence-electron chi connectivity index (χ0n) is 12.8. The Labute approximate surface area is 134 Å². The van der Waals surface area contributed by atoms with Gasteiger partial charge < -0.3 is 10.2 Å². The quantitative estimate of drug-likeness (QED) is 0.620. The number of carbonyl (C=O) groups excluding carboxylic acids is 1. The van der Waals surface area contributed by atoms with Crippen molar-refractivity contribution in [3.8, 4) is 0 Å². The van der Waals surface area contributed by atoms with Gasteiger partial charge in [0.25, 0.3) is 0 Å². The van der Waals surface area contributed by atoms with Crippen molar-refractivity contribution in [2.24, 2.45) is 5.92 Å². The van der Waals surface area contributed by atoms with Gasteiger partial charge in [0, 0.05) is 12.0 Å². The Bertz CT molecular complexity index is 624. The van der Waals surface area contributed by atoms with Gasteiger partial charge >= 0.3 is 11.9 Å². The molecule has 122 valence electrons. The molecule has 5 nitrogen and oxygen atoms in total. The Kier molecular flexibility index (Phi) is 5.68. The van der Waals surface area contributed by atoms with Crippen molar-refractivity contribution in [1.29, 1.82) is 0 Å². The molecule has 1 aromatic carbocycles. The van der Waals surface area contributed by atoms with Gasteiger partial charge in [-0.1, -0.05) is 49.6 Å². The summed E-state index contributed by atoms with van der Waals surface area (Å²) in [7, 11) is 0. The largest absolute Gasteiger partial charge is 0.478 e. The minimum Gasteiger partial charge on any atom is -0.478 e. The molecule has 23 heavy (non-hydrogen) atoms. The second-order valence-electron chi connectivity index (χ2n) is 5.80. The fourth-order valence-electron chi connectivity index (χ4n) is 3.11. The summed E-state index contributed by atoms with van der Waals surface area (Å²) in [6, 6.07) is 8.34. The molecule has 2 N–H and O–H groups in total. The highest BCUT2D eigenvalue weighted by atomic mass is 16.4. The van der Waals surface area contributed by atoms with E-state index in [2.05, 4.69) is 0 Å². The molecule has 1 saturated carbocycles. The Morgan fingerprint density at radius 3 is 2.04 bits per heavy atom. The molecule has 0 amide bonds. The first-order valence-electron chi connectivity index (χ1n) is 7.78. The van der Waals surface area contributed by atoms with Gasteiger partial charge in [0.05, 0.1) is 11.1 Å². The van der Waals surface area contributed by atoms with E-state index in [4.69, 9.17) is 0 Å². The van der Waals surface area contributed by atoms with Crippen LogP contribution in [0.3, 0.4) is 0 Å². The van der Waals surface area contributed by atoms with Gasteiger partial charge in [-0.25, -0.2) is 9.59 Å². The molecule has 1 aliphatic rings. The van der Waals surface area contributed by atoms with Gasteiger partial charge in [-0.15, -0.1) is 0 Å². The summed E-state index contributed by atoms with van der Waals surface area (Å²) in [4.78, 5) is 35.5. The molecule has 0 heterocycles. The van der Waals surface area contributed by atoms with Crippen LogP contribution in [0.4, 0.5) is 0 Å². The van der Waals surface area contributed by atoms with Crippen LogP contribution < -0.4 is 0 Å². The van der Waals surface area contributed by atoms with Crippen molar-refractivity contribution in [2.75, 3.05) is 0 Å². The van der Waals surface area contributed by atoms with Gasteiger partial charge in [0.1, 0.15) is 0 Å². The SMILES string of the molecule is O=C(O)C(CC(=O)c1ccccc1)=C(C(=O)O)C1CCCCC1. The predicted octanol–water partition coefficient (Wildman–Crippen LogP) is 3.31. The maximum Gasteiger partial charge on any atom is 0.332 e. The normalized spacial score (nSPS) is 16.5. The molecule has 2 rings (SSSR count). The van der Waals surface area contributed by atoms with Crippen LogP contribution in [0.5, 0.6) is 0 Å². The lowest BCUT2D eigenvalue weighted by Crippen LogP contribution is -2.22. The van der Waals surface area contributed by atoms with E-state index in [-0.39, 0.29) is 22.8 Å². The summed E-state index contributed by atoms with van der Waals surface area (Å²) >= 11 is 0. The van der Waals surface area contributed by atoms with Gasteiger partial charge in [-0.05, 0) is 18.8 Å². The second kappa shape index (κ2) is 7.72. The van der Waals surface area contributed by atoms with E-state index in [9.17, 15) is 24.6 Å². The van der Waals surface area contributed by atoms with Crippen molar-refractivity contribution in [1.82, 2.24) is 0 Å². The Morgan fingerprint density at radius 2 is 1.52 bits per heavy atom. The van der Waals surface area contributed by atoms with E-state index in [1.165, 1.54) is 0 Å². The topological polar surface area (TPSA) is 91.7 Å². The van der Waals surface area contributed by atoms with Crippen LogP contribution in [0, 0.1) is 5.92 Å². The van der Waals surface area contributed by atoms with Crippen LogP contribution in [0.15, 0.2) is 41.5 Å². The third-order valence-corrected chi connectivity index (χ3v) is 4.26. The smallest absolute Gasteiger partial charge is 0.332 e. The first-order valence-corrected chi connectivity index (χ1v) is 7.78. The summed E-state index contributed by atoms with van der Waals surface area (Å²) in [5, 5.41) is 18.9. The van der Waals surface area contributed by atoms with Crippen LogP contribution >= 0.6 is 0 Å². The van der Waals surface area contributed by atoms with Crippen molar-refractivity contribution in [3.05, 3.63) is 47.0 Å². The molecule has 1 aliphatic carbocycles. The first kappa shape index (κ1) is 16.9. The molecule has 0 aliphatic heterocycles. The Balaban J connectivity index is 2.34. The summed E-state index contributed by atoms with van der Waals surface area (Å²) in [5.41, 5.74) is 0.0133. The lowest BCUT2D eigenvalue weighted by atomic mass is 9.80. The maximum atomic E-state index is 12.3. The molecule has 0 saturated heterocycles. The van der Waals surface area contributed by atoms with Crippen molar-refractivity contribution < 1.29 is 24.6 Å². The zero-order valence-corrected chi connectivity index (χ0v) is 12.8. The highest BCUT2D eigenvalue weighted by Crippen LogP contribution is 2.32. The van der Waals surface area contributed by atoms with Crippen LogP contribution in [0.2, 0.25) is 0 Å². The highest BCUT2D eigenvalue weighted by molar-refractivity contribution is 6.07. The van der Waals surface area contributed by atoms with Crippen molar-refractivity contribution in [3.63, 3.8) is 0 Å². The maximum absolute atomic E-state index is 12.3. The van der Waals surface area contributed by atoms with Gasteiger partial charge in [0.15, 0.2) is 5.78 Å². The third kappa shape index (κ3) is 4.28. The number of hydrogen-bond acceptors (Lipinski definition) is 3. The fraction of sp³-hybridized carbons (Fsp3) is 0.389. The van der Waals surface area contributed by atoms with Gasteiger partial charge in [-0.3, -0.25) is 4.79 Å². The number of carboxylic acids is 2.